The van der Waals surface area contributed by atoms with Crippen molar-refractivity contribution in [1.82, 2.24) is 14.9 Å². The van der Waals surface area contributed by atoms with E-state index in [9.17, 15) is 9.18 Å². The molecule has 0 saturated heterocycles. The average Bonchev–Trinajstić information content (AvgIpc) is 3.44. The number of nitrogens with one attached hydrogen (secondary N) is 1. The van der Waals surface area contributed by atoms with Crippen LogP contribution in [0.25, 0.3) is 10.9 Å². The van der Waals surface area contributed by atoms with Crippen molar-refractivity contribution in [2.75, 3.05) is 6.54 Å². The Kier molecular flexibility index (Phi) is 4.32. The summed E-state index contributed by atoms with van der Waals surface area (Å²) in [5.41, 5.74) is 1.61. The van der Waals surface area contributed by atoms with Crippen LogP contribution in [0.3, 0.4) is 0 Å². The zero-order valence-corrected chi connectivity index (χ0v) is 13.9. The molecule has 1 fully saturated rings. The molecule has 0 spiro atoms. The highest BCUT2D eigenvalue weighted by Crippen LogP contribution is 2.28. The SMILES string of the molecule is O=c1[nH]c(CCN(Cc2cccc(F)c2)C2CC2)nc2ccccc12. The van der Waals surface area contributed by atoms with Crippen LogP contribution in [-0.4, -0.2) is 27.5 Å². The predicted octanol–water partition coefficient (Wildman–Crippen LogP) is 3.27. The molecule has 0 aliphatic heterocycles. The van der Waals surface area contributed by atoms with Crippen molar-refractivity contribution in [3.8, 4) is 0 Å². The number of para-hydroxylation sites is 1. The number of aromatic amines is 1. The maximum absolute atomic E-state index is 13.4. The molecule has 0 bridgehead atoms. The number of rotatable bonds is 6. The van der Waals surface area contributed by atoms with Crippen LogP contribution in [0.5, 0.6) is 0 Å². The van der Waals surface area contributed by atoms with E-state index in [-0.39, 0.29) is 11.4 Å². The second-order valence-corrected chi connectivity index (χ2v) is 6.61. The summed E-state index contributed by atoms with van der Waals surface area (Å²) in [6.07, 6.45) is 3.03. The van der Waals surface area contributed by atoms with Crippen LogP contribution in [0.4, 0.5) is 4.39 Å². The number of hydrogen-bond donors (Lipinski definition) is 1. The maximum Gasteiger partial charge on any atom is 0.258 e. The minimum absolute atomic E-state index is 0.0938. The smallest absolute Gasteiger partial charge is 0.258 e. The van der Waals surface area contributed by atoms with Crippen LogP contribution in [0.1, 0.15) is 24.2 Å². The fourth-order valence-electron chi connectivity index (χ4n) is 3.20. The Balaban J connectivity index is 1.49. The van der Waals surface area contributed by atoms with Gasteiger partial charge in [-0.05, 0) is 42.7 Å². The van der Waals surface area contributed by atoms with Gasteiger partial charge in [-0.3, -0.25) is 9.69 Å². The van der Waals surface area contributed by atoms with E-state index < -0.39 is 0 Å². The zero-order valence-electron chi connectivity index (χ0n) is 13.9. The van der Waals surface area contributed by atoms with Crippen molar-refractivity contribution >= 4 is 10.9 Å². The Morgan fingerprint density at radius 1 is 1.16 bits per heavy atom. The minimum atomic E-state index is -0.200. The second-order valence-electron chi connectivity index (χ2n) is 6.61. The second kappa shape index (κ2) is 6.76. The number of fused-ring (bicyclic) bond motifs is 1. The van der Waals surface area contributed by atoms with Gasteiger partial charge in [0.05, 0.1) is 10.9 Å². The van der Waals surface area contributed by atoms with Gasteiger partial charge in [0.1, 0.15) is 11.6 Å². The van der Waals surface area contributed by atoms with Crippen molar-refractivity contribution in [1.29, 1.82) is 0 Å². The van der Waals surface area contributed by atoms with E-state index in [1.165, 1.54) is 18.9 Å². The summed E-state index contributed by atoms with van der Waals surface area (Å²) in [6, 6.07) is 14.7. The fourth-order valence-corrected chi connectivity index (χ4v) is 3.20. The topological polar surface area (TPSA) is 49.0 Å². The molecule has 0 radical (unpaired) electrons. The number of halogens is 1. The molecule has 1 heterocycles. The molecule has 1 aliphatic rings. The van der Waals surface area contributed by atoms with Crippen LogP contribution in [0.2, 0.25) is 0 Å². The third kappa shape index (κ3) is 3.77. The first-order valence-corrected chi connectivity index (χ1v) is 8.65. The van der Waals surface area contributed by atoms with Crippen LogP contribution in [-0.2, 0) is 13.0 Å². The van der Waals surface area contributed by atoms with E-state index >= 15 is 0 Å². The summed E-state index contributed by atoms with van der Waals surface area (Å²) in [5, 5.41) is 0.616. The van der Waals surface area contributed by atoms with Crippen molar-refractivity contribution < 1.29 is 4.39 Å². The number of benzene rings is 2. The van der Waals surface area contributed by atoms with Gasteiger partial charge in [0.2, 0.25) is 0 Å². The summed E-state index contributed by atoms with van der Waals surface area (Å²) in [6.45, 7) is 1.52. The molecule has 0 unspecified atom stereocenters. The van der Waals surface area contributed by atoms with Crippen LogP contribution in [0, 0.1) is 5.82 Å². The Labute approximate surface area is 145 Å². The molecule has 128 valence electrons. The molecule has 25 heavy (non-hydrogen) atoms. The fraction of sp³-hybridized carbons (Fsp3) is 0.300. The normalized spacial score (nSPS) is 14.3. The van der Waals surface area contributed by atoms with Crippen molar-refractivity contribution in [3.63, 3.8) is 0 Å². The largest absolute Gasteiger partial charge is 0.310 e. The first-order valence-electron chi connectivity index (χ1n) is 8.65. The highest BCUT2D eigenvalue weighted by atomic mass is 19.1. The van der Waals surface area contributed by atoms with Gasteiger partial charge >= 0.3 is 0 Å². The molecule has 2 aromatic carbocycles. The number of hydrogen-bond acceptors (Lipinski definition) is 3. The van der Waals surface area contributed by atoms with E-state index in [0.29, 0.717) is 23.7 Å². The summed E-state index contributed by atoms with van der Waals surface area (Å²) in [4.78, 5) is 22.0. The van der Waals surface area contributed by atoms with Gasteiger partial charge in [0, 0.05) is 25.6 Å². The zero-order chi connectivity index (χ0) is 17.2. The molecular formula is C20H20FN3O. The summed E-state index contributed by atoms with van der Waals surface area (Å²) in [7, 11) is 0. The van der Waals surface area contributed by atoms with Gasteiger partial charge in [-0.2, -0.15) is 0 Å². The number of H-pyrrole nitrogens is 1. The molecule has 0 amide bonds. The van der Waals surface area contributed by atoms with Crippen LogP contribution < -0.4 is 5.56 Å². The molecule has 3 aromatic rings. The van der Waals surface area contributed by atoms with Crippen molar-refractivity contribution in [3.05, 3.63) is 76.1 Å². The van der Waals surface area contributed by atoms with Gasteiger partial charge in [-0.15, -0.1) is 0 Å². The van der Waals surface area contributed by atoms with Gasteiger partial charge in [-0.25, -0.2) is 9.37 Å². The summed E-state index contributed by atoms with van der Waals surface area (Å²) < 4.78 is 13.4. The molecular weight excluding hydrogens is 317 g/mol. The first-order chi connectivity index (χ1) is 12.2. The first kappa shape index (κ1) is 16.0. The van der Waals surface area contributed by atoms with Crippen LogP contribution >= 0.6 is 0 Å². The van der Waals surface area contributed by atoms with Crippen molar-refractivity contribution in [2.45, 2.75) is 31.8 Å². The van der Waals surface area contributed by atoms with Gasteiger partial charge in [0.25, 0.3) is 5.56 Å². The molecule has 1 aliphatic carbocycles. The lowest BCUT2D eigenvalue weighted by molar-refractivity contribution is 0.256. The van der Waals surface area contributed by atoms with E-state index in [1.807, 2.05) is 24.3 Å². The third-order valence-electron chi connectivity index (χ3n) is 4.64. The molecule has 1 N–H and O–H groups in total. The van der Waals surface area contributed by atoms with Gasteiger partial charge in [0.15, 0.2) is 0 Å². The Morgan fingerprint density at radius 3 is 2.80 bits per heavy atom. The van der Waals surface area contributed by atoms with E-state index in [1.54, 1.807) is 18.2 Å². The van der Waals surface area contributed by atoms with E-state index in [2.05, 4.69) is 14.9 Å². The Morgan fingerprint density at radius 2 is 2.00 bits per heavy atom. The number of aromatic nitrogens is 2. The monoisotopic (exact) mass is 337 g/mol. The lowest BCUT2D eigenvalue weighted by Gasteiger charge is -2.22. The van der Waals surface area contributed by atoms with Gasteiger partial charge in [-0.1, -0.05) is 24.3 Å². The maximum atomic E-state index is 13.4. The highest BCUT2D eigenvalue weighted by molar-refractivity contribution is 5.77. The third-order valence-corrected chi connectivity index (χ3v) is 4.64. The quantitative estimate of drug-likeness (QED) is 0.751. The molecule has 1 saturated carbocycles. The van der Waals surface area contributed by atoms with E-state index in [0.717, 1.165) is 24.2 Å². The molecule has 4 rings (SSSR count). The standard InChI is InChI=1S/C20H20FN3O/c21-15-5-3-4-14(12-15)13-24(16-8-9-16)11-10-19-22-18-7-2-1-6-17(18)20(25)23-19/h1-7,12,16H,8-11,13H2,(H,22,23,25). The summed E-state index contributed by atoms with van der Waals surface area (Å²) >= 11 is 0. The molecule has 4 nitrogen and oxygen atoms in total. The lowest BCUT2D eigenvalue weighted by Crippen LogP contribution is -2.29. The predicted molar refractivity (Wildman–Crippen MR) is 95.9 cm³/mol. The lowest BCUT2D eigenvalue weighted by atomic mass is 10.2. The molecule has 5 heteroatoms. The minimum Gasteiger partial charge on any atom is -0.310 e. The van der Waals surface area contributed by atoms with Gasteiger partial charge < -0.3 is 4.98 Å². The number of nitrogens with zero attached hydrogens (tertiary/aromatic N) is 2. The Bertz CT molecular complexity index is 949. The van der Waals surface area contributed by atoms with Crippen molar-refractivity contribution in [2.24, 2.45) is 0 Å². The molecule has 1 aromatic heterocycles. The molecule has 0 atom stereocenters. The summed E-state index contributed by atoms with van der Waals surface area (Å²) in [5.74, 6) is 0.502. The van der Waals surface area contributed by atoms with Crippen LogP contribution in [0.15, 0.2) is 53.3 Å². The highest BCUT2D eigenvalue weighted by Gasteiger charge is 2.28. The average molecular weight is 337 g/mol. The van der Waals surface area contributed by atoms with E-state index in [4.69, 9.17) is 0 Å². The Hall–Kier alpha value is -2.53.